The summed E-state index contributed by atoms with van der Waals surface area (Å²) in [5, 5.41) is 3.13. The Kier molecular flexibility index (Phi) is 3.37. The Labute approximate surface area is 111 Å². The molecule has 0 radical (unpaired) electrons. The molecular formula is C14H16N4O. The van der Waals surface area contributed by atoms with Gasteiger partial charge in [-0.1, -0.05) is 12.1 Å². The minimum atomic E-state index is -0.580. The maximum atomic E-state index is 11.1. The molecule has 5 heteroatoms. The molecule has 0 spiro atoms. The second-order valence-electron chi connectivity index (χ2n) is 4.44. The third-order valence-electron chi connectivity index (χ3n) is 2.83. The van der Waals surface area contributed by atoms with Crippen LogP contribution in [0.2, 0.25) is 0 Å². The number of carbonyl (C=O) groups is 1. The first-order chi connectivity index (χ1) is 8.97. The fourth-order valence-corrected chi connectivity index (χ4v) is 1.71. The van der Waals surface area contributed by atoms with E-state index >= 15 is 0 Å². The Balaban J connectivity index is 2.40. The molecule has 1 aromatic heterocycles. The Bertz CT molecular complexity index is 637. The van der Waals surface area contributed by atoms with E-state index in [1.54, 1.807) is 6.07 Å². The molecule has 0 bridgehead atoms. The summed E-state index contributed by atoms with van der Waals surface area (Å²) in [6, 6.07) is 9.14. The normalized spacial score (nSPS) is 10.2. The standard InChI is InChI=1S/C14H16N4O/c1-8-3-4-9(2)12(7-8)18-14-10(15)5-6-11(17-14)13(16)19/h3-7H,15H2,1-2H3,(H2,16,19)(H,17,18). The number of primary amides is 1. The summed E-state index contributed by atoms with van der Waals surface area (Å²) in [4.78, 5) is 15.3. The Morgan fingerprint density at radius 1 is 1.21 bits per heavy atom. The molecule has 0 fully saturated rings. The fraction of sp³-hybridized carbons (Fsp3) is 0.143. The lowest BCUT2D eigenvalue weighted by molar-refractivity contribution is 0.0996. The molecule has 1 aromatic carbocycles. The third-order valence-corrected chi connectivity index (χ3v) is 2.83. The highest BCUT2D eigenvalue weighted by molar-refractivity contribution is 5.92. The predicted octanol–water partition coefficient (Wildman–Crippen LogP) is 2.12. The van der Waals surface area contributed by atoms with Crippen LogP contribution in [0.1, 0.15) is 21.6 Å². The molecule has 0 aliphatic carbocycles. The first-order valence-corrected chi connectivity index (χ1v) is 5.88. The van der Waals surface area contributed by atoms with Crippen molar-refractivity contribution in [1.29, 1.82) is 0 Å². The van der Waals surface area contributed by atoms with Crippen LogP contribution in [-0.2, 0) is 0 Å². The molecule has 2 rings (SSSR count). The van der Waals surface area contributed by atoms with Crippen LogP contribution in [0, 0.1) is 13.8 Å². The molecule has 0 atom stereocenters. The van der Waals surface area contributed by atoms with Gasteiger partial charge in [0.15, 0.2) is 5.82 Å². The summed E-state index contributed by atoms with van der Waals surface area (Å²) in [7, 11) is 0. The van der Waals surface area contributed by atoms with E-state index in [1.807, 2.05) is 32.0 Å². The molecule has 19 heavy (non-hydrogen) atoms. The number of nitrogens with zero attached hydrogens (tertiary/aromatic N) is 1. The number of anilines is 3. The molecule has 2 aromatic rings. The van der Waals surface area contributed by atoms with Crippen molar-refractivity contribution in [1.82, 2.24) is 4.98 Å². The van der Waals surface area contributed by atoms with Gasteiger partial charge < -0.3 is 16.8 Å². The lowest BCUT2D eigenvalue weighted by Gasteiger charge is -2.12. The number of carbonyl (C=O) groups excluding carboxylic acids is 1. The Morgan fingerprint density at radius 3 is 2.63 bits per heavy atom. The lowest BCUT2D eigenvalue weighted by atomic mass is 10.1. The maximum absolute atomic E-state index is 11.1. The SMILES string of the molecule is Cc1ccc(C)c(Nc2nc(C(N)=O)ccc2N)c1. The number of nitrogens with two attached hydrogens (primary N) is 2. The Hall–Kier alpha value is -2.56. The Morgan fingerprint density at radius 2 is 1.95 bits per heavy atom. The van der Waals surface area contributed by atoms with Gasteiger partial charge in [0, 0.05) is 5.69 Å². The zero-order valence-electron chi connectivity index (χ0n) is 10.9. The van der Waals surface area contributed by atoms with E-state index in [9.17, 15) is 4.79 Å². The quantitative estimate of drug-likeness (QED) is 0.784. The highest BCUT2D eigenvalue weighted by atomic mass is 16.1. The number of benzene rings is 1. The van der Waals surface area contributed by atoms with Crippen molar-refractivity contribution in [2.75, 3.05) is 11.1 Å². The first kappa shape index (κ1) is 12.9. The number of rotatable bonds is 3. The average molecular weight is 256 g/mol. The minimum absolute atomic E-state index is 0.182. The zero-order valence-corrected chi connectivity index (χ0v) is 10.9. The summed E-state index contributed by atoms with van der Waals surface area (Å²) in [6.07, 6.45) is 0. The molecule has 98 valence electrons. The maximum Gasteiger partial charge on any atom is 0.267 e. The van der Waals surface area contributed by atoms with E-state index in [2.05, 4.69) is 10.3 Å². The summed E-state index contributed by atoms with van der Waals surface area (Å²) < 4.78 is 0. The van der Waals surface area contributed by atoms with Gasteiger partial charge in [0.1, 0.15) is 5.69 Å². The van der Waals surface area contributed by atoms with E-state index in [0.717, 1.165) is 16.8 Å². The summed E-state index contributed by atoms with van der Waals surface area (Å²) >= 11 is 0. The molecule has 1 heterocycles. The van der Waals surface area contributed by atoms with Gasteiger partial charge in [0.25, 0.3) is 5.91 Å². The van der Waals surface area contributed by atoms with E-state index in [-0.39, 0.29) is 5.69 Å². The summed E-state index contributed by atoms with van der Waals surface area (Å²) in [5.41, 5.74) is 14.8. The van der Waals surface area contributed by atoms with Gasteiger partial charge in [-0.3, -0.25) is 4.79 Å². The second-order valence-corrected chi connectivity index (χ2v) is 4.44. The number of nitrogens with one attached hydrogen (secondary N) is 1. The lowest BCUT2D eigenvalue weighted by Crippen LogP contribution is -2.14. The second kappa shape index (κ2) is 4.97. The number of hydrogen-bond donors (Lipinski definition) is 3. The van der Waals surface area contributed by atoms with Crippen LogP contribution in [-0.4, -0.2) is 10.9 Å². The first-order valence-electron chi connectivity index (χ1n) is 5.88. The number of aromatic nitrogens is 1. The molecule has 5 nitrogen and oxygen atoms in total. The van der Waals surface area contributed by atoms with Crippen LogP contribution in [0.15, 0.2) is 30.3 Å². The highest BCUT2D eigenvalue weighted by Gasteiger charge is 2.08. The van der Waals surface area contributed by atoms with E-state index in [0.29, 0.717) is 11.5 Å². The number of amides is 1. The van der Waals surface area contributed by atoms with E-state index < -0.39 is 5.91 Å². The number of aryl methyl sites for hydroxylation is 2. The smallest absolute Gasteiger partial charge is 0.267 e. The zero-order chi connectivity index (χ0) is 14.0. The van der Waals surface area contributed by atoms with Crippen molar-refractivity contribution < 1.29 is 4.79 Å². The fourth-order valence-electron chi connectivity index (χ4n) is 1.71. The van der Waals surface area contributed by atoms with Gasteiger partial charge in [0.2, 0.25) is 0 Å². The van der Waals surface area contributed by atoms with Gasteiger partial charge >= 0.3 is 0 Å². The molecular weight excluding hydrogens is 240 g/mol. The van der Waals surface area contributed by atoms with Crippen LogP contribution in [0.25, 0.3) is 0 Å². The van der Waals surface area contributed by atoms with Gasteiger partial charge in [-0.15, -0.1) is 0 Å². The van der Waals surface area contributed by atoms with Crippen molar-refractivity contribution in [3.8, 4) is 0 Å². The van der Waals surface area contributed by atoms with Crippen molar-refractivity contribution in [2.45, 2.75) is 13.8 Å². The molecule has 0 unspecified atom stereocenters. The number of nitrogen functional groups attached to an aromatic ring is 1. The van der Waals surface area contributed by atoms with Gasteiger partial charge in [-0.2, -0.15) is 0 Å². The molecule has 1 amide bonds. The topological polar surface area (TPSA) is 94.0 Å². The number of pyridine rings is 1. The average Bonchev–Trinajstić information content (AvgIpc) is 2.36. The van der Waals surface area contributed by atoms with Gasteiger partial charge in [0.05, 0.1) is 5.69 Å². The van der Waals surface area contributed by atoms with Crippen molar-refractivity contribution in [3.05, 3.63) is 47.2 Å². The summed E-state index contributed by atoms with van der Waals surface area (Å²) in [6.45, 7) is 3.98. The van der Waals surface area contributed by atoms with Gasteiger partial charge in [-0.05, 0) is 43.2 Å². The number of hydrogen-bond acceptors (Lipinski definition) is 4. The minimum Gasteiger partial charge on any atom is -0.396 e. The van der Waals surface area contributed by atoms with Crippen molar-refractivity contribution >= 4 is 23.1 Å². The predicted molar refractivity (Wildman–Crippen MR) is 76.4 cm³/mol. The van der Waals surface area contributed by atoms with E-state index in [4.69, 9.17) is 11.5 Å². The molecule has 0 saturated heterocycles. The van der Waals surface area contributed by atoms with Crippen molar-refractivity contribution in [2.24, 2.45) is 5.73 Å². The highest BCUT2D eigenvalue weighted by Crippen LogP contribution is 2.24. The van der Waals surface area contributed by atoms with E-state index in [1.165, 1.54) is 6.07 Å². The van der Waals surface area contributed by atoms with Crippen LogP contribution >= 0.6 is 0 Å². The van der Waals surface area contributed by atoms with Crippen molar-refractivity contribution in [3.63, 3.8) is 0 Å². The van der Waals surface area contributed by atoms with Crippen LogP contribution in [0.3, 0.4) is 0 Å². The van der Waals surface area contributed by atoms with Gasteiger partial charge in [-0.25, -0.2) is 4.98 Å². The monoisotopic (exact) mass is 256 g/mol. The molecule has 0 aliphatic rings. The molecule has 5 N–H and O–H groups in total. The van der Waals surface area contributed by atoms with Crippen LogP contribution in [0.4, 0.5) is 17.2 Å². The van der Waals surface area contributed by atoms with Crippen LogP contribution < -0.4 is 16.8 Å². The van der Waals surface area contributed by atoms with Crippen LogP contribution in [0.5, 0.6) is 0 Å². The third kappa shape index (κ3) is 2.82. The molecule has 0 saturated carbocycles. The largest absolute Gasteiger partial charge is 0.396 e. The molecule has 0 aliphatic heterocycles. The summed E-state index contributed by atoms with van der Waals surface area (Å²) in [5.74, 6) is -0.144.